The molecule has 0 unspecified atom stereocenters. The Labute approximate surface area is 194 Å². The lowest BCUT2D eigenvalue weighted by atomic mass is 10.1. The van der Waals surface area contributed by atoms with Crippen molar-refractivity contribution in [3.05, 3.63) is 80.1 Å². The van der Waals surface area contributed by atoms with Crippen molar-refractivity contribution in [1.29, 1.82) is 0 Å². The molecule has 3 rings (SSSR count). The molecule has 0 aliphatic rings. The summed E-state index contributed by atoms with van der Waals surface area (Å²) in [6.45, 7) is 2.13. The smallest absolute Gasteiger partial charge is 0.334 e. The first kappa shape index (κ1) is 23.2. The number of rotatable bonds is 9. The molecule has 0 aliphatic heterocycles. The highest BCUT2D eigenvalue weighted by Crippen LogP contribution is 2.31. The summed E-state index contributed by atoms with van der Waals surface area (Å²) in [6.07, 6.45) is 4.31. The maximum Gasteiger partial charge on any atom is 0.355 e. The third kappa shape index (κ3) is 5.83. The van der Waals surface area contributed by atoms with Gasteiger partial charge in [-0.25, -0.2) is 9.97 Å². The van der Waals surface area contributed by atoms with Crippen LogP contribution in [0.15, 0.2) is 48.8 Å². The number of unbranched alkanes of at least 4 members (excludes halogenated alkanes) is 1. The number of halogens is 2. The van der Waals surface area contributed by atoms with Crippen LogP contribution in [0.4, 0.5) is 23.0 Å². The maximum atomic E-state index is 12.4. The van der Waals surface area contributed by atoms with E-state index >= 15 is 0 Å². The van der Waals surface area contributed by atoms with Gasteiger partial charge in [-0.1, -0.05) is 48.7 Å². The molecule has 0 spiro atoms. The molecule has 0 fully saturated rings. The van der Waals surface area contributed by atoms with Gasteiger partial charge in [0, 0.05) is 10.7 Å². The van der Waals surface area contributed by atoms with Crippen LogP contribution in [0.2, 0.25) is 10.0 Å². The van der Waals surface area contributed by atoms with E-state index in [1.165, 1.54) is 23.8 Å². The zero-order valence-corrected chi connectivity index (χ0v) is 18.6. The third-order valence-electron chi connectivity index (χ3n) is 4.51. The van der Waals surface area contributed by atoms with E-state index in [4.69, 9.17) is 23.2 Å². The minimum absolute atomic E-state index is 0.0208. The first-order valence-corrected chi connectivity index (χ1v) is 10.5. The van der Waals surface area contributed by atoms with Gasteiger partial charge in [0.1, 0.15) is 6.33 Å². The highest BCUT2D eigenvalue weighted by atomic mass is 35.5. The lowest BCUT2D eigenvalue weighted by Gasteiger charge is -2.12. The van der Waals surface area contributed by atoms with Crippen molar-refractivity contribution >= 4 is 52.1 Å². The molecular weight excluding hydrogens is 455 g/mol. The number of carbonyl (C=O) groups excluding carboxylic acids is 1. The molecule has 1 heterocycles. The second-order valence-corrected chi connectivity index (χ2v) is 7.65. The Hall–Kier alpha value is -3.43. The predicted molar refractivity (Wildman–Crippen MR) is 125 cm³/mol. The monoisotopic (exact) mass is 474 g/mol. The summed E-state index contributed by atoms with van der Waals surface area (Å²) < 4.78 is 0. The summed E-state index contributed by atoms with van der Waals surface area (Å²) in [5.41, 5.74) is 6.35. The van der Waals surface area contributed by atoms with Crippen molar-refractivity contribution in [2.75, 3.05) is 10.7 Å². The van der Waals surface area contributed by atoms with Gasteiger partial charge in [-0.05, 0) is 48.7 Å². The second-order valence-electron chi connectivity index (χ2n) is 6.81. The molecular formula is C21H20Cl2N6O3. The SMILES string of the molecule is CCCCc1ccc(Nc2ncnc(NNC(=O)c3ccc(Cl)cc3Cl)c2[N+](=O)[O-])cc1. The number of aryl methyl sites for hydroxylation is 1. The molecule has 0 saturated heterocycles. The Bertz CT molecular complexity index is 1130. The van der Waals surface area contributed by atoms with Gasteiger partial charge in [0.25, 0.3) is 5.91 Å². The Morgan fingerprint density at radius 3 is 2.47 bits per heavy atom. The Morgan fingerprint density at radius 1 is 1.09 bits per heavy atom. The van der Waals surface area contributed by atoms with Crippen LogP contribution in [-0.4, -0.2) is 20.8 Å². The van der Waals surface area contributed by atoms with Crippen LogP contribution in [0.25, 0.3) is 0 Å². The van der Waals surface area contributed by atoms with E-state index < -0.39 is 16.5 Å². The van der Waals surface area contributed by atoms with Crippen molar-refractivity contribution in [3.63, 3.8) is 0 Å². The largest absolute Gasteiger partial charge is 0.355 e. The molecule has 32 heavy (non-hydrogen) atoms. The fourth-order valence-corrected chi connectivity index (χ4v) is 3.36. The van der Waals surface area contributed by atoms with Gasteiger partial charge in [-0.2, -0.15) is 0 Å². The highest BCUT2D eigenvalue weighted by Gasteiger charge is 2.24. The Morgan fingerprint density at radius 2 is 1.81 bits per heavy atom. The van der Waals surface area contributed by atoms with E-state index in [1.807, 2.05) is 24.3 Å². The zero-order chi connectivity index (χ0) is 23.1. The lowest BCUT2D eigenvalue weighted by Crippen LogP contribution is -2.30. The number of amides is 1. The molecule has 3 N–H and O–H groups in total. The van der Waals surface area contributed by atoms with Crippen LogP contribution in [0.1, 0.15) is 35.7 Å². The average Bonchev–Trinajstić information content (AvgIpc) is 2.77. The van der Waals surface area contributed by atoms with Crippen LogP contribution >= 0.6 is 23.2 Å². The fourth-order valence-electron chi connectivity index (χ4n) is 2.86. The molecule has 0 bridgehead atoms. The van der Waals surface area contributed by atoms with Crippen molar-refractivity contribution in [2.24, 2.45) is 0 Å². The molecule has 3 aromatic rings. The Balaban J connectivity index is 1.77. The molecule has 2 aromatic carbocycles. The number of carbonyl (C=O) groups is 1. The van der Waals surface area contributed by atoms with Crippen LogP contribution in [-0.2, 0) is 6.42 Å². The van der Waals surface area contributed by atoms with Crippen molar-refractivity contribution in [1.82, 2.24) is 15.4 Å². The number of nitrogens with one attached hydrogen (secondary N) is 3. The van der Waals surface area contributed by atoms with Gasteiger partial charge >= 0.3 is 5.69 Å². The molecule has 0 atom stereocenters. The Kier molecular flexibility index (Phi) is 7.80. The maximum absolute atomic E-state index is 12.4. The average molecular weight is 475 g/mol. The number of anilines is 3. The number of aromatic nitrogens is 2. The van der Waals surface area contributed by atoms with Gasteiger partial charge in [0.15, 0.2) is 0 Å². The minimum Gasteiger partial charge on any atom is -0.334 e. The molecule has 9 nitrogen and oxygen atoms in total. The normalized spacial score (nSPS) is 10.5. The van der Waals surface area contributed by atoms with E-state index in [-0.39, 0.29) is 22.2 Å². The molecule has 0 radical (unpaired) electrons. The van der Waals surface area contributed by atoms with E-state index in [9.17, 15) is 14.9 Å². The summed E-state index contributed by atoms with van der Waals surface area (Å²) >= 11 is 11.9. The number of nitro groups is 1. The first-order chi connectivity index (χ1) is 15.4. The molecule has 11 heteroatoms. The third-order valence-corrected chi connectivity index (χ3v) is 5.06. The summed E-state index contributed by atoms with van der Waals surface area (Å²) in [5, 5.41) is 15.2. The number of hydrazine groups is 1. The van der Waals surface area contributed by atoms with Crippen molar-refractivity contribution < 1.29 is 9.72 Å². The molecule has 0 saturated carbocycles. The molecule has 1 amide bonds. The van der Waals surface area contributed by atoms with Gasteiger partial charge in [-0.15, -0.1) is 0 Å². The summed E-state index contributed by atoms with van der Waals surface area (Å²) in [7, 11) is 0. The number of nitrogens with zero attached hydrogens (tertiary/aromatic N) is 3. The van der Waals surface area contributed by atoms with Crippen LogP contribution in [0.3, 0.4) is 0 Å². The number of hydrogen-bond acceptors (Lipinski definition) is 7. The van der Waals surface area contributed by atoms with E-state index in [0.717, 1.165) is 25.6 Å². The van der Waals surface area contributed by atoms with Gasteiger partial charge in [-0.3, -0.25) is 25.8 Å². The van der Waals surface area contributed by atoms with Crippen molar-refractivity contribution in [3.8, 4) is 0 Å². The second kappa shape index (κ2) is 10.7. The first-order valence-electron chi connectivity index (χ1n) is 9.75. The summed E-state index contributed by atoms with van der Waals surface area (Å²) in [5.74, 6) is -0.824. The van der Waals surface area contributed by atoms with Gasteiger partial charge in [0.05, 0.1) is 15.5 Å². The topological polar surface area (TPSA) is 122 Å². The summed E-state index contributed by atoms with van der Waals surface area (Å²) in [4.78, 5) is 31.3. The lowest BCUT2D eigenvalue weighted by molar-refractivity contribution is -0.383. The zero-order valence-electron chi connectivity index (χ0n) is 17.1. The number of benzene rings is 2. The summed E-state index contributed by atoms with van der Waals surface area (Å²) in [6, 6.07) is 11.9. The molecule has 1 aromatic heterocycles. The van der Waals surface area contributed by atoms with Crippen molar-refractivity contribution in [2.45, 2.75) is 26.2 Å². The highest BCUT2D eigenvalue weighted by molar-refractivity contribution is 6.36. The molecule has 166 valence electrons. The van der Waals surface area contributed by atoms with Crippen LogP contribution < -0.4 is 16.2 Å². The van der Waals surface area contributed by atoms with Crippen LogP contribution in [0.5, 0.6) is 0 Å². The molecule has 0 aliphatic carbocycles. The van der Waals surface area contributed by atoms with Gasteiger partial charge in [0.2, 0.25) is 11.6 Å². The quantitative estimate of drug-likeness (QED) is 0.275. The van der Waals surface area contributed by atoms with Gasteiger partial charge < -0.3 is 5.32 Å². The van der Waals surface area contributed by atoms with E-state index in [1.54, 1.807) is 0 Å². The predicted octanol–water partition coefficient (Wildman–Crippen LogP) is 5.53. The number of hydrogen-bond donors (Lipinski definition) is 3. The fraction of sp³-hybridized carbons (Fsp3) is 0.190. The van der Waals surface area contributed by atoms with Crippen LogP contribution in [0, 0.1) is 10.1 Å². The van der Waals surface area contributed by atoms with E-state index in [2.05, 4.69) is 33.1 Å². The minimum atomic E-state index is -0.637. The van der Waals surface area contributed by atoms with E-state index in [0.29, 0.717) is 10.7 Å². The standard InChI is InChI=1S/C21H20Cl2N6O3/c1-2-3-4-13-5-8-15(9-6-13)26-19-18(29(31)32)20(25-12-24-19)27-28-21(30)16-10-7-14(22)11-17(16)23/h5-12H,2-4H2,1H3,(H,28,30)(H2,24,25,26,27).